The number of hydrogen-bond donors (Lipinski definition) is 2. The Bertz CT molecular complexity index is 509. The number of rotatable bonds is 4. The third-order valence-corrected chi connectivity index (χ3v) is 2.31. The molecule has 0 aromatic heterocycles. The van der Waals surface area contributed by atoms with Crippen molar-refractivity contribution in [1.29, 1.82) is 0 Å². The molecule has 0 spiro atoms. The molecule has 0 radical (unpaired) electrons. The molecule has 6 heteroatoms. The summed E-state index contributed by atoms with van der Waals surface area (Å²) in [6, 6.07) is 3.51. The molecule has 18 heavy (non-hydrogen) atoms. The molecule has 1 amide bonds. The van der Waals surface area contributed by atoms with Crippen LogP contribution in [-0.4, -0.2) is 15.9 Å². The van der Waals surface area contributed by atoms with Crippen LogP contribution in [0.4, 0.5) is 11.4 Å². The number of amides is 1. The second kappa shape index (κ2) is 5.81. The summed E-state index contributed by atoms with van der Waals surface area (Å²) in [5, 5.41) is 22.5. The van der Waals surface area contributed by atoms with Gasteiger partial charge in [0, 0.05) is 11.6 Å². The second-order valence-corrected chi connectivity index (χ2v) is 3.71. The van der Waals surface area contributed by atoms with Crippen molar-refractivity contribution in [3.8, 4) is 5.75 Å². The van der Waals surface area contributed by atoms with Crippen LogP contribution in [0.2, 0.25) is 0 Å². The zero-order valence-electron chi connectivity index (χ0n) is 10.1. The van der Waals surface area contributed by atoms with Crippen LogP contribution in [0.1, 0.15) is 20.3 Å². The summed E-state index contributed by atoms with van der Waals surface area (Å²) in [7, 11) is 0. The average molecular weight is 250 g/mol. The van der Waals surface area contributed by atoms with E-state index in [9.17, 15) is 20.0 Å². The van der Waals surface area contributed by atoms with Gasteiger partial charge in [-0.3, -0.25) is 14.9 Å². The summed E-state index contributed by atoms with van der Waals surface area (Å²) < 4.78 is 0. The number of benzene rings is 1. The van der Waals surface area contributed by atoms with Gasteiger partial charge in [-0.15, -0.1) is 0 Å². The maximum Gasteiger partial charge on any atom is 0.273 e. The van der Waals surface area contributed by atoms with Crippen LogP contribution < -0.4 is 5.32 Å². The number of nitrogens with one attached hydrogen (secondary N) is 1. The molecule has 0 aliphatic heterocycles. The topological polar surface area (TPSA) is 92.5 Å². The fourth-order valence-corrected chi connectivity index (χ4v) is 1.36. The molecule has 0 heterocycles. The first-order valence-electron chi connectivity index (χ1n) is 5.41. The molecule has 96 valence electrons. The van der Waals surface area contributed by atoms with E-state index in [0.29, 0.717) is 5.57 Å². The molecule has 0 saturated carbocycles. The molecule has 0 aliphatic carbocycles. The van der Waals surface area contributed by atoms with Gasteiger partial charge < -0.3 is 10.4 Å². The Hall–Kier alpha value is -2.37. The largest absolute Gasteiger partial charge is 0.506 e. The van der Waals surface area contributed by atoms with Gasteiger partial charge in [0.1, 0.15) is 5.75 Å². The Morgan fingerprint density at radius 1 is 1.56 bits per heavy atom. The Morgan fingerprint density at radius 3 is 2.72 bits per heavy atom. The lowest BCUT2D eigenvalue weighted by Crippen LogP contribution is -2.12. The number of nitro benzene ring substituents is 1. The van der Waals surface area contributed by atoms with Gasteiger partial charge in [-0.05, 0) is 19.4 Å². The van der Waals surface area contributed by atoms with Gasteiger partial charge in [0.05, 0.1) is 16.7 Å². The van der Waals surface area contributed by atoms with E-state index in [2.05, 4.69) is 5.32 Å². The van der Waals surface area contributed by atoms with Crippen molar-refractivity contribution >= 4 is 17.3 Å². The minimum Gasteiger partial charge on any atom is -0.506 e. The first kappa shape index (κ1) is 13.7. The first-order chi connectivity index (χ1) is 8.45. The number of nitro groups is 1. The fourth-order valence-electron chi connectivity index (χ4n) is 1.36. The molecule has 1 aromatic carbocycles. The highest BCUT2D eigenvalue weighted by atomic mass is 16.6. The van der Waals surface area contributed by atoms with E-state index in [1.165, 1.54) is 12.1 Å². The van der Waals surface area contributed by atoms with Crippen molar-refractivity contribution in [2.75, 3.05) is 5.32 Å². The molecular weight excluding hydrogens is 236 g/mol. The van der Waals surface area contributed by atoms with Crippen LogP contribution in [0.5, 0.6) is 5.75 Å². The van der Waals surface area contributed by atoms with Crippen LogP contribution >= 0.6 is 0 Å². The van der Waals surface area contributed by atoms with Crippen molar-refractivity contribution < 1.29 is 14.8 Å². The molecule has 0 bridgehead atoms. The van der Waals surface area contributed by atoms with Crippen LogP contribution in [-0.2, 0) is 4.79 Å². The molecule has 0 saturated heterocycles. The lowest BCUT2D eigenvalue weighted by atomic mass is 10.2. The van der Waals surface area contributed by atoms with Crippen LogP contribution in [0.25, 0.3) is 0 Å². The standard InChI is InChI=1S/C12H14N2O4/c1-3-4-8(2)12(16)13-10-6-5-9(14(17)18)7-11(10)15/h4-7,15H,3H2,1-2H3,(H,13,16)/b8-4-. The Labute approximate surface area is 104 Å². The molecule has 0 unspecified atom stereocenters. The number of non-ortho nitro benzene ring substituents is 1. The smallest absolute Gasteiger partial charge is 0.273 e. The molecule has 0 fully saturated rings. The minimum absolute atomic E-state index is 0.148. The molecule has 0 aliphatic rings. The summed E-state index contributed by atoms with van der Waals surface area (Å²) in [4.78, 5) is 21.5. The number of phenolic OH excluding ortho intramolecular Hbond substituents is 1. The summed E-state index contributed by atoms with van der Waals surface area (Å²) in [5.41, 5.74) is 0.441. The predicted molar refractivity (Wildman–Crippen MR) is 67.4 cm³/mol. The van der Waals surface area contributed by atoms with E-state index in [1.54, 1.807) is 13.0 Å². The molecule has 1 rings (SSSR count). The monoisotopic (exact) mass is 250 g/mol. The average Bonchev–Trinajstić information content (AvgIpc) is 2.31. The number of anilines is 1. The van der Waals surface area contributed by atoms with E-state index in [0.717, 1.165) is 12.5 Å². The number of carbonyl (C=O) groups excluding carboxylic acids is 1. The SMILES string of the molecule is CC/C=C(/C)C(=O)Nc1ccc([N+](=O)[O-])cc1O. The van der Waals surface area contributed by atoms with Crippen molar-refractivity contribution in [2.24, 2.45) is 0 Å². The number of nitrogens with zero attached hydrogens (tertiary/aromatic N) is 1. The number of hydrogen-bond acceptors (Lipinski definition) is 4. The van der Waals surface area contributed by atoms with Gasteiger partial charge in [0.2, 0.25) is 0 Å². The molecule has 0 atom stereocenters. The van der Waals surface area contributed by atoms with Crippen molar-refractivity contribution in [3.05, 3.63) is 40.0 Å². The summed E-state index contributed by atoms with van der Waals surface area (Å²) >= 11 is 0. The van der Waals surface area contributed by atoms with E-state index in [-0.39, 0.29) is 23.0 Å². The highest BCUT2D eigenvalue weighted by Gasteiger charge is 2.12. The zero-order valence-corrected chi connectivity index (χ0v) is 10.1. The van der Waals surface area contributed by atoms with Crippen LogP contribution in [0.15, 0.2) is 29.8 Å². The van der Waals surface area contributed by atoms with E-state index < -0.39 is 4.92 Å². The third-order valence-electron chi connectivity index (χ3n) is 2.31. The number of carbonyl (C=O) groups is 1. The number of aromatic hydroxyl groups is 1. The maximum atomic E-state index is 11.6. The quantitative estimate of drug-likeness (QED) is 0.372. The Kier molecular flexibility index (Phi) is 4.42. The van der Waals surface area contributed by atoms with Crippen molar-refractivity contribution in [3.63, 3.8) is 0 Å². The summed E-state index contributed by atoms with van der Waals surface area (Å²) in [5.74, 6) is -0.678. The van der Waals surface area contributed by atoms with E-state index in [4.69, 9.17) is 0 Å². The molecule has 2 N–H and O–H groups in total. The van der Waals surface area contributed by atoms with Gasteiger partial charge >= 0.3 is 0 Å². The minimum atomic E-state index is -0.618. The van der Waals surface area contributed by atoms with E-state index >= 15 is 0 Å². The highest BCUT2D eigenvalue weighted by molar-refractivity contribution is 6.04. The lowest BCUT2D eigenvalue weighted by Gasteiger charge is -2.07. The second-order valence-electron chi connectivity index (χ2n) is 3.71. The van der Waals surface area contributed by atoms with Gasteiger partial charge in [0.15, 0.2) is 0 Å². The first-order valence-corrected chi connectivity index (χ1v) is 5.41. The van der Waals surface area contributed by atoms with Gasteiger partial charge in [-0.1, -0.05) is 13.0 Å². The van der Waals surface area contributed by atoms with E-state index in [1.807, 2.05) is 6.92 Å². The van der Waals surface area contributed by atoms with Gasteiger partial charge in [-0.25, -0.2) is 0 Å². The van der Waals surface area contributed by atoms with Crippen LogP contribution in [0.3, 0.4) is 0 Å². The summed E-state index contributed by atoms with van der Waals surface area (Å²) in [6.45, 7) is 3.56. The zero-order chi connectivity index (χ0) is 13.7. The van der Waals surface area contributed by atoms with Gasteiger partial charge in [-0.2, -0.15) is 0 Å². The number of phenols is 1. The van der Waals surface area contributed by atoms with Gasteiger partial charge in [0.25, 0.3) is 11.6 Å². The highest BCUT2D eigenvalue weighted by Crippen LogP contribution is 2.28. The molecule has 6 nitrogen and oxygen atoms in total. The normalized spacial score (nSPS) is 11.1. The third kappa shape index (κ3) is 3.31. The lowest BCUT2D eigenvalue weighted by molar-refractivity contribution is -0.384. The molecular formula is C12H14N2O4. The van der Waals surface area contributed by atoms with Crippen molar-refractivity contribution in [2.45, 2.75) is 20.3 Å². The number of allylic oxidation sites excluding steroid dienone is 1. The Morgan fingerprint density at radius 2 is 2.22 bits per heavy atom. The Balaban J connectivity index is 2.89. The fraction of sp³-hybridized carbons (Fsp3) is 0.250. The summed E-state index contributed by atoms with van der Waals surface area (Å²) in [6.07, 6.45) is 2.48. The predicted octanol–water partition coefficient (Wildman–Crippen LogP) is 2.60. The maximum absolute atomic E-state index is 11.6. The van der Waals surface area contributed by atoms with Crippen molar-refractivity contribution in [1.82, 2.24) is 0 Å². The molecule has 1 aromatic rings. The van der Waals surface area contributed by atoms with Crippen LogP contribution in [0, 0.1) is 10.1 Å².